The molecule has 1 fully saturated rings. The van der Waals surface area contributed by atoms with Crippen molar-refractivity contribution in [1.29, 1.82) is 0 Å². The van der Waals surface area contributed by atoms with Crippen LogP contribution in [0.5, 0.6) is 17.2 Å². The van der Waals surface area contributed by atoms with Gasteiger partial charge in [-0.1, -0.05) is 0 Å². The predicted molar refractivity (Wildman–Crippen MR) is 117 cm³/mol. The van der Waals surface area contributed by atoms with E-state index in [0.29, 0.717) is 30.2 Å². The van der Waals surface area contributed by atoms with Crippen LogP contribution in [-0.2, 0) is 16.0 Å². The molecule has 2 amide bonds. The first-order chi connectivity index (χ1) is 15.0. The monoisotopic (exact) mass is 423 g/mol. The van der Waals surface area contributed by atoms with Crippen molar-refractivity contribution in [2.24, 2.45) is 0 Å². The highest BCUT2D eigenvalue weighted by molar-refractivity contribution is 6.22. The van der Waals surface area contributed by atoms with Gasteiger partial charge in [0.1, 0.15) is 17.2 Å². The molecule has 0 radical (unpaired) electrons. The molecular weight excluding hydrogens is 398 g/mol. The van der Waals surface area contributed by atoms with Crippen LogP contribution in [0.15, 0.2) is 42.6 Å². The van der Waals surface area contributed by atoms with Gasteiger partial charge in [0.2, 0.25) is 5.91 Å². The summed E-state index contributed by atoms with van der Waals surface area (Å²) in [6.07, 6.45) is 2.78. The van der Waals surface area contributed by atoms with E-state index in [1.165, 1.54) is 19.1 Å². The van der Waals surface area contributed by atoms with Crippen LogP contribution < -0.4 is 24.4 Å². The number of nitrogens with zero attached hydrogens (tertiary/aromatic N) is 1. The summed E-state index contributed by atoms with van der Waals surface area (Å²) in [4.78, 5) is 30.0. The third-order valence-electron chi connectivity index (χ3n) is 5.50. The minimum absolute atomic E-state index is 0.111. The van der Waals surface area contributed by atoms with Gasteiger partial charge in [-0.25, -0.2) is 4.90 Å². The topological polar surface area (TPSA) is 92.9 Å². The van der Waals surface area contributed by atoms with Gasteiger partial charge in [0, 0.05) is 41.8 Å². The number of nitrogens with one attached hydrogen (secondary N) is 2. The van der Waals surface area contributed by atoms with Crippen molar-refractivity contribution in [3.05, 3.63) is 48.2 Å². The lowest BCUT2D eigenvalue weighted by molar-refractivity contribution is -0.121. The van der Waals surface area contributed by atoms with Gasteiger partial charge in [0.05, 0.1) is 39.5 Å². The second-order valence-electron chi connectivity index (χ2n) is 7.32. The Labute approximate surface area is 180 Å². The second-order valence-corrected chi connectivity index (χ2v) is 7.32. The molecule has 8 heteroatoms. The lowest BCUT2D eigenvalue weighted by Crippen LogP contribution is -2.39. The summed E-state index contributed by atoms with van der Waals surface area (Å²) in [5, 5.41) is 4.31. The standard InChI is InChI=1S/C23H25N3O5/c1-29-16-4-5-20-19(11-16)14(13-25-20)6-7-24-21-12-22(27)26(23(21)28)15-8-17(30-2)10-18(9-15)31-3/h4-5,8-11,13,21,24-25H,6-7,12H2,1-3H3. The smallest absolute Gasteiger partial charge is 0.251 e. The van der Waals surface area contributed by atoms with Crippen molar-refractivity contribution in [2.45, 2.75) is 18.9 Å². The number of benzene rings is 2. The second kappa shape index (κ2) is 8.69. The number of hydrogen-bond acceptors (Lipinski definition) is 6. The third-order valence-corrected chi connectivity index (χ3v) is 5.50. The molecule has 1 aliphatic heterocycles. The molecule has 1 saturated heterocycles. The fraction of sp³-hybridized carbons (Fsp3) is 0.304. The molecule has 2 N–H and O–H groups in total. The average molecular weight is 423 g/mol. The van der Waals surface area contributed by atoms with Crippen LogP contribution in [0.1, 0.15) is 12.0 Å². The quantitative estimate of drug-likeness (QED) is 0.541. The van der Waals surface area contributed by atoms with Crippen LogP contribution >= 0.6 is 0 Å². The molecule has 1 unspecified atom stereocenters. The summed E-state index contributed by atoms with van der Waals surface area (Å²) in [5.74, 6) is 1.29. The Morgan fingerprint density at radius 1 is 1.00 bits per heavy atom. The van der Waals surface area contributed by atoms with Crippen molar-refractivity contribution in [3.63, 3.8) is 0 Å². The van der Waals surface area contributed by atoms with Crippen LogP contribution in [0.2, 0.25) is 0 Å². The summed E-state index contributed by atoms with van der Waals surface area (Å²) in [6, 6.07) is 10.3. The molecule has 2 aromatic carbocycles. The Kier molecular flexibility index (Phi) is 5.81. The molecule has 0 spiro atoms. The lowest BCUT2D eigenvalue weighted by Gasteiger charge is -2.17. The number of methoxy groups -OCH3 is 3. The number of imide groups is 1. The summed E-state index contributed by atoms with van der Waals surface area (Å²) in [6.45, 7) is 0.559. The normalized spacial score (nSPS) is 16.2. The molecule has 0 aliphatic carbocycles. The Balaban J connectivity index is 1.44. The highest BCUT2D eigenvalue weighted by Gasteiger charge is 2.39. The van der Waals surface area contributed by atoms with E-state index >= 15 is 0 Å². The van der Waals surface area contributed by atoms with Gasteiger partial charge < -0.3 is 24.5 Å². The van der Waals surface area contributed by atoms with Crippen molar-refractivity contribution in [3.8, 4) is 17.2 Å². The zero-order chi connectivity index (χ0) is 22.0. The van der Waals surface area contributed by atoms with Gasteiger partial charge in [-0.2, -0.15) is 0 Å². The summed E-state index contributed by atoms with van der Waals surface area (Å²) < 4.78 is 15.8. The molecule has 31 heavy (non-hydrogen) atoms. The first-order valence-corrected chi connectivity index (χ1v) is 10.0. The van der Waals surface area contributed by atoms with Crippen LogP contribution in [-0.4, -0.2) is 50.7 Å². The molecule has 162 valence electrons. The molecule has 4 rings (SSSR count). The Bertz CT molecular complexity index is 1100. The number of aromatic amines is 1. The maximum Gasteiger partial charge on any atom is 0.251 e. The van der Waals surface area contributed by atoms with E-state index in [-0.39, 0.29) is 18.2 Å². The molecule has 0 saturated carbocycles. The van der Waals surface area contributed by atoms with E-state index in [2.05, 4.69) is 10.3 Å². The zero-order valence-corrected chi connectivity index (χ0v) is 17.7. The molecular formula is C23H25N3O5. The highest BCUT2D eigenvalue weighted by Crippen LogP contribution is 2.31. The predicted octanol–water partition coefficient (Wildman–Crippen LogP) is 2.66. The fourth-order valence-corrected chi connectivity index (χ4v) is 3.86. The number of carbonyl (C=O) groups excluding carboxylic acids is 2. The van der Waals surface area contributed by atoms with Crippen molar-refractivity contribution < 1.29 is 23.8 Å². The number of aromatic nitrogens is 1. The van der Waals surface area contributed by atoms with Crippen LogP contribution in [0, 0.1) is 0 Å². The van der Waals surface area contributed by atoms with E-state index in [1.807, 2.05) is 24.4 Å². The van der Waals surface area contributed by atoms with Gasteiger partial charge in [0.25, 0.3) is 5.91 Å². The summed E-state index contributed by atoms with van der Waals surface area (Å²) in [7, 11) is 4.69. The van der Waals surface area contributed by atoms with Crippen LogP contribution in [0.25, 0.3) is 10.9 Å². The van der Waals surface area contributed by atoms with Crippen LogP contribution in [0.4, 0.5) is 5.69 Å². The number of hydrogen-bond donors (Lipinski definition) is 2. The van der Waals surface area contributed by atoms with Gasteiger partial charge >= 0.3 is 0 Å². The maximum atomic E-state index is 12.9. The van der Waals surface area contributed by atoms with Gasteiger partial charge in [0.15, 0.2) is 0 Å². The molecule has 1 atom stereocenters. The van der Waals surface area contributed by atoms with Crippen molar-refractivity contribution >= 4 is 28.4 Å². The number of H-pyrrole nitrogens is 1. The zero-order valence-electron chi connectivity index (χ0n) is 17.7. The molecule has 0 bridgehead atoms. The SMILES string of the molecule is COc1cc(OC)cc(N2C(=O)CC(NCCc3c[nH]c4ccc(OC)cc34)C2=O)c1. The van der Waals surface area contributed by atoms with E-state index in [0.717, 1.165) is 22.2 Å². The fourth-order valence-electron chi connectivity index (χ4n) is 3.86. The number of anilines is 1. The van der Waals surface area contributed by atoms with Gasteiger partial charge in [-0.15, -0.1) is 0 Å². The number of rotatable bonds is 8. The summed E-state index contributed by atoms with van der Waals surface area (Å²) in [5.41, 5.74) is 2.59. The highest BCUT2D eigenvalue weighted by atomic mass is 16.5. The van der Waals surface area contributed by atoms with Crippen LogP contribution in [0.3, 0.4) is 0 Å². The third kappa shape index (κ3) is 4.06. The first-order valence-electron chi connectivity index (χ1n) is 10.0. The average Bonchev–Trinajstić information content (AvgIpc) is 3.32. The minimum Gasteiger partial charge on any atom is -0.497 e. The Morgan fingerprint density at radius 3 is 2.39 bits per heavy atom. The van der Waals surface area contributed by atoms with Crippen molar-refractivity contribution in [2.75, 3.05) is 32.8 Å². The number of fused-ring (bicyclic) bond motifs is 1. The van der Waals surface area contributed by atoms with Gasteiger partial charge in [-0.3, -0.25) is 9.59 Å². The number of carbonyl (C=O) groups is 2. The van der Waals surface area contributed by atoms with Crippen molar-refractivity contribution in [1.82, 2.24) is 10.3 Å². The van der Waals surface area contributed by atoms with E-state index in [4.69, 9.17) is 14.2 Å². The molecule has 8 nitrogen and oxygen atoms in total. The first kappa shape index (κ1) is 20.7. The Hall–Kier alpha value is -3.52. The van der Waals surface area contributed by atoms with E-state index < -0.39 is 6.04 Å². The molecule has 1 aromatic heterocycles. The largest absolute Gasteiger partial charge is 0.497 e. The maximum absolute atomic E-state index is 12.9. The van der Waals surface area contributed by atoms with Gasteiger partial charge in [-0.05, 0) is 30.2 Å². The van der Waals surface area contributed by atoms with E-state index in [9.17, 15) is 9.59 Å². The number of ether oxygens (including phenoxy) is 3. The lowest BCUT2D eigenvalue weighted by atomic mass is 10.1. The molecule has 3 aromatic rings. The van der Waals surface area contributed by atoms with E-state index in [1.54, 1.807) is 25.3 Å². The number of amides is 2. The Morgan fingerprint density at radius 2 is 1.71 bits per heavy atom. The molecule has 2 heterocycles. The summed E-state index contributed by atoms with van der Waals surface area (Å²) >= 11 is 0. The minimum atomic E-state index is -0.565. The molecule has 1 aliphatic rings.